The van der Waals surface area contributed by atoms with E-state index >= 15 is 0 Å². The van der Waals surface area contributed by atoms with E-state index in [-0.39, 0.29) is 34.1 Å². The zero-order valence-electron chi connectivity index (χ0n) is 53.2. The quantitative estimate of drug-likeness (QED) is 0.125. The molecule has 4 aliphatic rings. The van der Waals surface area contributed by atoms with E-state index in [9.17, 15) is 0 Å². The molecule has 0 fully saturated rings. The van der Waals surface area contributed by atoms with E-state index in [2.05, 4.69) is 184 Å². The second-order valence-electron chi connectivity index (χ2n) is 23.7. The number of rotatable bonds is 10. The van der Waals surface area contributed by atoms with Crippen molar-refractivity contribution in [2.75, 3.05) is 0 Å². The van der Waals surface area contributed by atoms with Crippen LogP contribution in [0.3, 0.4) is 0 Å². The standard InChI is InChI=1S/C76H76N8S.2Cu/c1-17-45-37(9)57-31-65-49(21-5)41(13)71(81-65)69(72-42(14)50(22-6)66(82-72)32-58-38(10)46(18-2)62(78-58)35-61(45)77-57)55-29-25-27-53-54-28-26-30-56(76(54)85-75(53)55)70-73-43(15)51(23-7)67(83-73)33-59-39(11)47(19-3)63(79-59)36-64-48(20-4)40(12)60(80-64)34-68-52(24-8)44(16)74(70)84-68;;/h25-36H,17-24H2,1-16H3;;/q-4;2*+2. The Balaban J connectivity index is 0.00000392. The van der Waals surface area contributed by atoms with Crippen molar-refractivity contribution in [2.45, 2.75) is 162 Å². The van der Waals surface area contributed by atoms with Crippen LogP contribution in [-0.2, 0) is 59.8 Å². The maximum absolute atomic E-state index is 5.78. The molecule has 0 unspecified atom stereocenters. The minimum absolute atomic E-state index is 0. The summed E-state index contributed by atoms with van der Waals surface area (Å²) in [6, 6.07) is 27.2. The van der Waals surface area contributed by atoms with Crippen LogP contribution in [0.15, 0.2) is 72.8 Å². The molecule has 448 valence electrons. The van der Waals surface area contributed by atoms with Crippen molar-refractivity contribution >= 4 is 120 Å². The number of fused-ring (bicyclic) bond motifs is 19. The third-order valence-corrected chi connectivity index (χ3v) is 20.7. The van der Waals surface area contributed by atoms with Crippen molar-refractivity contribution in [1.29, 1.82) is 0 Å². The molecule has 2 radical (unpaired) electrons. The molecular weight excluding hydrogens is 1180 g/mol. The summed E-state index contributed by atoms with van der Waals surface area (Å²) in [6.45, 7) is 35.9. The Labute approximate surface area is 537 Å². The van der Waals surface area contributed by atoms with Crippen LogP contribution >= 0.6 is 11.3 Å². The normalized spacial score (nSPS) is 13.5. The third kappa shape index (κ3) is 9.56. The second kappa shape index (κ2) is 23.8. The van der Waals surface area contributed by atoms with Crippen LogP contribution in [0.25, 0.3) is 131 Å². The van der Waals surface area contributed by atoms with Gasteiger partial charge in [0.2, 0.25) is 0 Å². The van der Waals surface area contributed by atoms with Gasteiger partial charge in [0.05, 0.1) is 45.6 Å². The zero-order chi connectivity index (χ0) is 59.6. The van der Waals surface area contributed by atoms with Crippen molar-refractivity contribution < 1.29 is 34.1 Å². The Morgan fingerprint density at radius 1 is 0.333 bits per heavy atom. The van der Waals surface area contributed by atoms with Crippen LogP contribution < -0.4 is 19.9 Å². The van der Waals surface area contributed by atoms with Crippen LogP contribution in [0.5, 0.6) is 0 Å². The molecule has 0 spiro atoms. The van der Waals surface area contributed by atoms with Gasteiger partial charge in [0.25, 0.3) is 0 Å². The van der Waals surface area contributed by atoms with Gasteiger partial charge in [-0.3, -0.25) is 0 Å². The van der Waals surface area contributed by atoms with E-state index in [0.717, 1.165) is 163 Å². The largest absolute Gasteiger partial charge is 2.00 e. The molecule has 13 rings (SSSR count). The summed E-state index contributed by atoms with van der Waals surface area (Å²) < 4.78 is 2.38. The molecule has 0 saturated heterocycles. The molecule has 0 saturated carbocycles. The fraction of sp³-hybridized carbons (Fsp3) is 0.316. The molecule has 0 N–H and O–H groups in total. The predicted octanol–water partition coefficient (Wildman–Crippen LogP) is 20.0. The maximum Gasteiger partial charge on any atom is 2.00 e. The monoisotopic (exact) mass is 1260 g/mol. The van der Waals surface area contributed by atoms with Crippen molar-refractivity contribution in [1.82, 2.24) is 39.9 Å². The first-order valence-electron chi connectivity index (χ1n) is 31.2. The second-order valence-corrected chi connectivity index (χ2v) is 24.7. The van der Waals surface area contributed by atoms with Crippen LogP contribution in [0.4, 0.5) is 0 Å². The van der Waals surface area contributed by atoms with Crippen molar-refractivity contribution in [3.63, 3.8) is 0 Å². The molecule has 11 heteroatoms. The topological polar surface area (TPSA) is 108 Å². The third-order valence-electron chi connectivity index (χ3n) is 19.4. The Morgan fingerprint density at radius 3 is 1.00 bits per heavy atom. The minimum Gasteiger partial charge on any atom is -0.657 e. The molecule has 0 atom stereocenters. The molecule has 7 aromatic heterocycles. The average Bonchev–Trinajstić information content (AvgIpc) is 1.86. The van der Waals surface area contributed by atoms with Gasteiger partial charge < -0.3 is 19.9 Å². The van der Waals surface area contributed by atoms with Gasteiger partial charge in [0.15, 0.2) is 0 Å². The Bertz CT molecular complexity index is 4600. The smallest absolute Gasteiger partial charge is 0.657 e. The number of hydrogen-bond acceptors (Lipinski definition) is 5. The van der Waals surface area contributed by atoms with E-state index in [1.54, 1.807) is 0 Å². The van der Waals surface area contributed by atoms with Gasteiger partial charge in [-0.25, -0.2) is 19.9 Å². The summed E-state index contributed by atoms with van der Waals surface area (Å²) in [4.78, 5) is 44.7. The molecule has 87 heavy (non-hydrogen) atoms. The maximum atomic E-state index is 5.78. The van der Waals surface area contributed by atoms with Gasteiger partial charge in [0, 0.05) is 31.3 Å². The first-order valence-corrected chi connectivity index (χ1v) is 32.0. The van der Waals surface area contributed by atoms with Crippen LogP contribution in [0.1, 0.15) is 199 Å². The minimum atomic E-state index is 0. The van der Waals surface area contributed by atoms with E-state index in [1.165, 1.54) is 109 Å². The van der Waals surface area contributed by atoms with Crippen molar-refractivity contribution in [3.05, 3.63) is 163 Å². The molecule has 16 bridgehead atoms. The van der Waals surface area contributed by atoms with Crippen LogP contribution in [0, 0.1) is 27.7 Å². The molecule has 9 aromatic rings. The van der Waals surface area contributed by atoms with E-state index in [4.69, 9.17) is 39.9 Å². The Hall–Kier alpha value is -7.10. The van der Waals surface area contributed by atoms with Crippen LogP contribution in [0.2, 0.25) is 0 Å². The van der Waals surface area contributed by atoms with Gasteiger partial charge in [-0.1, -0.05) is 173 Å². The molecule has 11 heterocycles. The molecule has 2 aromatic carbocycles. The molecule has 4 aliphatic heterocycles. The fourth-order valence-corrected chi connectivity index (χ4v) is 16.1. The van der Waals surface area contributed by atoms with Gasteiger partial charge >= 0.3 is 34.1 Å². The zero-order valence-corrected chi connectivity index (χ0v) is 55.9. The van der Waals surface area contributed by atoms with E-state index < -0.39 is 0 Å². The number of aromatic nitrogens is 8. The molecular formula is C76H76Cu2N8S. The van der Waals surface area contributed by atoms with Gasteiger partial charge in [0.1, 0.15) is 0 Å². The number of allylic oxidation sites excluding steroid dienone is 8. The van der Waals surface area contributed by atoms with Gasteiger partial charge in [-0.05, 0) is 162 Å². The Kier molecular flexibility index (Phi) is 16.8. The Morgan fingerprint density at radius 2 is 0.644 bits per heavy atom. The average molecular weight is 1260 g/mol. The summed E-state index contributed by atoms with van der Waals surface area (Å²) in [7, 11) is 0. The van der Waals surface area contributed by atoms with Crippen molar-refractivity contribution in [3.8, 4) is 22.3 Å². The first kappa shape index (κ1) is 61.5. The number of hydrogen-bond donors (Lipinski definition) is 0. The molecule has 8 nitrogen and oxygen atoms in total. The summed E-state index contributed by atoms with van der Waals surface area (Å²) in [6.07, 6.45) is 6.80. The first-order chi connectivity index (χ1) is 41.1. The van der Waals surface area contributed by atoms with Crippen LogP contribution in [-0.4, -0.2) is 19.9 Å². The number of aryl methyl sites for hydroxylation is 8. The van der Waals surface area contributed by atoms with E-state index in [0.29, 0.717) is 0 Å². The molecule has 0 amide bonds. The van der Waals surface area contributed by atoms with Gasteiger partial charge in [-0.2, -0.15) is 0 Å². The van der Waals surface area contributed by atoms with E-state index in [1.807, 2.05) is 11.3 Å². The molecule has 0 aliphatic carbocycles. The predicted molar refractivity (Wildman–Crippen MR) is 363 cm³/mol. The summed E-state index contributed by atoms with van der Waals surface area (Å²) >= 11 is 1.86. The SMILES string of the molecule is CCC1=C(C)c2cc3[n-]c(c(C)c3CC)c(-c3cccc4c3sc3c(-c5c6nc(cc7[n-]c(cc8nc(cc9[n-]c5c(C)c9CC)C(C)=C8CC)c(CC)c7C)C(CC)=C6C)cccc34)c3nc(cc4[n-]c(cc1n2)c(CC)c4C)C(CC)=C3C.[Cu+2].[Cu+2]. The fourth-order valence-electron chi connectivity index (χ4n) is 14.7. The number of thiophene rings is 1. The summed E-state index contributed by atoms with van der Waals surface area (Å²) in [5.74, 6) is 0. The number of nitrogens with zero attached hydrogens (tertiary/aromatic N) is 8. The number of benzene rings is 2. The summed E-state index contributed by atoms with van der Waals surface area (Å²) in [5.41, 5.74) is 39.3. The van der Waals surface area contributed by atoms with Crippen molar-refractivity contribution in [2.24, 2.45) is 0 Å². The van der Waals surface area contributed by atoms with Gasteiger partial charge in [-0.15, -0.1) is 55.5 Å². The summed E-state index contributed by atoms with van der Waals surface area (Å²) in [5, 5.41) is 2.39.